The molecule has 5 aromatic rings. The average molecular weight is 602 g/mol. The predicted molar refractivity (Wildman–Crippen MR) is 159 cm³/mol. The quantitative estimate of drug-likeness (QED) is 0.187. The molecule has 226 valence electrons. The van der Waals surface area contributed by atoms with E-state index >= 15 is 4.39 Å². The molecule has 44 heavy (non-hydrogen) atoms. The zero-order chi connectivity index (χ0) is 31.1. The summed E-state index contributed by atoms with van der Waals surface area (Å²) in [6, 6.07) is 11.7. The van der Waals surface area contributed by atoms with Gasteiger partial charge in [0.1, 0.15) is 22.5 Å². The van der Waals surface area contributed by atoms with Gasteiger partial charge in [-0.3, -0.25) is 14.7 Å². The highest BCUT2D eigenvalue weighted by Crippen LogP contribution is 2.43. The van der Waals surface area contributed by atoms with Gasteiger partial charge in [0.2, 0.25) is 0 Å². The molecule has 1 amide bonds. The van der Waals surface area contributed by atoms with Crippen molar-refractivity contribution in [2.75, 3.05) is 10.6 Å². The van der Waals surface area contributed by atoms with Gasteiger partial charge >= 0.3 is 0 Å². The zero-order valence-corrected chi connectivity index (χ0v) is 23.9. The first-order valence-electron chi connectivity index (χ1n) is 14.0. The number of amides is 1. The smallest absolute Gasteiger partial charge is 0.284 e. The van der Waals surface area contributed by atoms with Crippen molar-refractivity contribution < 1.29 is 23.4 Å². The Morgan fingerprint density at radius 2 is 1.80 bits per heavy atom. The number of aromatic nitrogens is 5. The maximum absolute atomic E-state index is 15.3. The van der Waals surface area contributed by atoms with E-state index < -0.39 is 34.2 Å². The molecule has 6 rings (SSSR count). The fourth-order valence-corrected chi connectivity index (χ4v) is 5.52. The van der Waals surface area contributed by atoms with Gasteiger partial charge in [0.15, 0.2) is 23.0 Å². The van der Waals surface area contributed by atoms with Crippen LogP contribution in [-0.4, -0.2) is 47.1 Å². The van der Waals surface area contributed by atoms with Crippen LogP contribution in [0.3, 0.4) is 0 Å². The molecule has 0 spiro atoms. The number of carbonyl (C=O) groups is 1. The van der Waals surface area contributed by atoms with Crippen LogP contribution >= 0.6 is 0 Å². The number of nitrogens with one attached hydrogen (secondary N) is 3. The molecular formula is C31H29F2N7O4. The van der Waals surface area contributed by atoms with E-state index in [4.69, 9.17) is 4.74 Å². The standard InChI is InChI=1S/C31H29F2N7O4/c1-30(2,43)31(13-3-4-14-31)37-27-25-24(12-15-34-26(25)38-39-27)44-23-10-7-19(17-22(23)33)36-28(41)21-11-16-35-40(29(21)42)20-8-5-18(32)6-9-20/h5-12,15-17,43H,3-4,13-14H2,1-2H3,(H,36,41)(H2,34,37,38,39). The molecule has 0 unspecified atom stereocenters. The molecule has 3 aromatic heterocycles. The molecule has 4 N–H and O–H groups in total. The van der Waals surface area contributed by atoms with Gasteiger partial charge in [-0.15, -0.1) is 0 Å². The van der Waals surface area contributed by atoms with E-state index in [1.54, 1.807) is 19.9 Å². The number of benzene rings is 2. The van der Waals surface area contributed by atoms with Crippen LogP contribution in [0.4, 0.5) is 20.3 Å². The van der Waals surface area contributed by atoms with Gasteiger partial charge in [-0.1, -0.05) is 12.8 Å². The van der Waals surface area contributed by atoms with E-state index in [2.05, 4.69) is 30.9 Å². The summed E-state index contributed by atoms with van der Waals surface area (Å²) in [5.74, 6) is -1.44. The molecule has 0 aliphatic heterocycles. The Morgan fingerprint density at radius 1 is 1.05 bits per heavy atom. The number of pyridine rings is 1. The number of H-pyrrole nitrogens is 1. The second kappa shape index (κ2) is 11.2. The Labute approximate surface area is 249 Å². The molecule has 3 heterocycles. The molecule has 1 fully saturated rings. The summed E-state index contributed by atoms with van der Waals surface area (Å²) in [6.07, 6.45) is 6.19. The van der Waals surface area contributed by atoms with Crippen molar-refractivity contribution in [3.05, 3.63) is 94.5 Å². The predicted octanol–water partition coefficient (Wildman–Crippen LogP) is 5.32. The lowest BCUT2D eigenvalue weighted by Crippen LogP contribution is -2.54. The van der Waals surface area contributed by atoms with Crippen molar-refractivity contribution in [2.24, 2.45) is 0 Å². The number of carbonyl (C=O) groups excluding carboxylic acids is 1. The van der Waals surface area contributed by atoms with Crippen LogP contribution in [0.25, 0.3) is 16.7 Å². The molecule has 0 radical (unpaired) electrons. The third kappa shape index (κ3) is 5.37. The maximum Gasteiger partial charge on any atom is 0.284 e. The zero-order valence-electron chi connectivity index (χ0n) is 23.9. The summed E-state index contributed by atoms with van der Waals surface area (Å²) in [6.45, 7) is 3.53. The second-order valence-corrected chi connectivity index (χ2v) is 11.2. The lowest BCUT2D eigenvalue weighted by molar-refractivity contribution is 0.0107. The van der Waals surface area contributed by atoms with E-state index in [1.165, 1.54) is 54.9 Å². The summed E-state index contributed by atoms with van der Waals surface area (Å²) in [7, 11) is 0. The van der Waals surface area contributed by atoms with Gasteiger partial charge < -0.3 is 20.5 Å². The van der Waals surface area contributed by atoms with Crippen molar-refractivity contribution in [3.63, 3.8) is 0 Å². The van der Waals surface area contributed by atoms with Crippen LogP contribution in [-0.2, 0) is 0 Å². The first-order valence-corrected chi connectivity index (χ1v) is 14.0. The van der Waals surface area contributed by atoms with Crippen molar-refractivity contribution in [2.45, 2.75) is 50.7 Å². The highest BCUT2D eigenvalue weighted by molar-refractivity contribution is 6.04. The Hall–Kier alpha value is -5.17. The second-order valence-electron chi connectivity index (χ2n) is 11.2. The number of rotatable bonds is 8. The molecule has 1 aliphatic rings. The van der Waals surface area contributed by atoms with Gasteiger partial charge in [0.05, 0.1) is 16.8 Å². The van der Waals surface area contributed by atoms with Crippen LogP contribution in [0, 0.1) is 11.6 Å². The van der Waals surface area contributed by atoms with Gasteiger partial charge in [0.25, 0.3) is 11.5 Å². The van der Waals surface area contributed by atoms with Crippen molar-refractivity contribution >= 4 is 28.4 Å². The molecule has 0 saturated heterocycles. The van der Waals surface area contributed by atoms with E-state index in [0.29, 0.717) is 16.9 Å². The van der Waals surface area contributed by atoms with Gasteiger partial charge in [-0.25, -0.2) is 13.8 Å². The number of fused-ring (bicyclic) bond motifs is 1. The first-order chi connectivity index (χ1) is 21.0. The monoisotopic (exact) mass is 601 g/mol. The minimum absolute atomic E-state index is 0.0864. The summed E-state index contributed by atoms with van der Waals surface area (Å²) in [5, 5.41) is 28.6. The molecule has 1 saturated carbocycles. The van der Waals surface area contributed by atoms with Crippen molar-refractivity contribution in [1.29, 1.82) is 0 Å². The number of anilines is 2. The van der Waals surface area contributed by atoms with Crippen LogP contribution < -0.4 is 20.9 Å². The van der Waals surface area contributed by atoms with Crippen LogP contribution in [0.5, 0.6) is 11.5 Å². The Bertz CT molecular complexity index is 1910. The largest absolute Gasteiger partial charge is 0.453 e. The Balaban J connectivity index is 1.23. The fourth-order valence-electron chi connectivity index (χ4n) is 5.52. The SMILES string of the molecule is CC(C)(O)C1(Nc2n[nH]c3nccc(Oc4ccc(NC(=O)c5ccnn(-c6ccc(F)cc6)c5=O)cc4F)c23)CCCC1. The van der Waals surface area contributed by atoms with Crippen LogP contribution in [0.15, 0.2) is 71.8 Å². The van der Waals surface area contributed by atoms with Crippen LogP contribution in [0.2, 0.25) is 0 Å². The molecule has 0 bridgehead atoms. The Kier molecular flexibility index (Phi) is 7.33. The van der Waals surface area contributed by atoms with Crippen molar-refractivity contribution in [1.82, 2.24) is 25.0 Å². The number of halogens is 2. The number of nitrogens with zero attached hydrogens (tertiary/aromatic N) is 4. The molecular weight excluding hydrogens is 572 g/mol. The molecule has 0 atom stereocenters. The number of hydrogen-bond donors (Lipinski definition) is 4. The number of aliphatic hydroxyl groups is 1. The topological polar surface area (TPSA) is 147 Å². The number of aromatic amines is 1. The van der Waals surface area contributed by atoms with E-state index in [1.807, 2.05) is 0 Å². The summed E-state index contributed by atoms with van der Waals surface area (Å²) in [5.41, 5.74) is -1.83. The molecule has 1 aliphatic carbocycles. The summed E-state index contributed by atoms with van der Waals surface area (Å²) in [4.78, 5) is 30.2. The third-order valence-corrected chi connectivity index (χ3v) is 7.98. The number of ether oxygens (including phenoxy) is 1. The fraction of sp³-hybridized carbons (Fsp3) is 0.258. The van der Waals surface area contributed by atoms with E-state index in [0.717, 1.165) is 36.4 Å². The highest BCUT2D eigenvalue weighted by atomic mass is 19.1. The molecule has 2 aromatic carbocycles. The lowest BCUT2D eigenvalue weighted by atomic mass is 9.80. The van der Waals surface area contributed by atoms with Gasteiger partial charge in [-0.2, -0.15) is 14.9 Å². The molecule has 13 heteroatoms. The summed E-state index contributed by atoms with van der Waals surface area (Å²) >= 11 is 0. The van der Waals surface area contributed by atoms with E-state index in [9.17, 15) is 19.1 Å². The average Bonchev–Trinajstić information content (AvgIpc) is 3.64. The number of hydrogen-bond acceptors (Lipinski definition) is 8. The Morgan fingerprint density at radius 3 is 2.50 bits per heavy atom. The minimum Gasteiger partial charge on any atom is -0.453 e. The normalized spacial score (nSPS) is 14.5. The third-order valence-electron chi connectivity index (χ3n) is 7.98. The van der Waals surface area contributed by atoms with E-state index in [-0.39, 0.29) is 28.4 Å². The van der Waals surface area contributed by atoms with Gasteiger partial charge in [0, 0.05) is 30.2 Å². The first kappa shape index (κ1) is 28.9. The molecule has 11 nitrogen and oxygen atoms in total. The summed E-state index contributed by atoms with van der Waals surface area (Å²) < 4.78 is 35.5. The maximum atomic E-state index is 15.3. The minimum atomic E-state index is -1.03. The lowest BCUT2D eigenvalue weighted by Gasteiger charge is -2.41. The van der Waals surface area contributed by atoms with Crippen LogP contribution in [0.1, 0.15) is 49.9 Å². The van der Waals surface area contributed by atoms with Gasteiger partial charge in [-0.05, 0) is 69.2 Å². The highest BCUT2D eigenvalue weighted by Gasteiger charge is 2.46. The van der Waals surface area contributed by atoms with Crippen molar-refractivity contribution in [3.8, 4) is 17.2 Å².